The zero-order valence-electron chi connectivity index (χ0n) is 13.2. The first-order chi connectivity index (χ1) is 12.0. The molecule has 0 amide bonds. The molecule has 1 atom stereocenters. The maximum atomic E-state index is 14.1. The fourth-order valence-electron chi connectivity index (χ4n) is 3.01. The van der Waals surface area contributed by atoms with Crippen LogP contribution >= 0.6 is 0 Å². The van der Waals surface area contributed by atoms with E-state index in [0.717, 1.165) is 24.8 Å². The summed E-state index contributed by atoms with van der Waals surface area (Å²) in [5, 5.41) is 9.15. The Labute approximate surface area is 142 Å². The van der Waals surface area contributed by atoms with Crippen LogP contribution in [0.2, 0.25) is 0 Å². The summed E-state index contributed by atoms with van der Waals surface area (Å²) in [6.07, 6.45) is 3.76. The summed E-state index contributed by atoms with van der Waals surface area (Å²) in [6, 6.07) is 4.59. The van der Waals surface area contributed by atoms with E-state index < -0.39 is 17.6 Å². The van der Waals surface area contributed by atoms with Crippen LogP contribution in [-0.2, 0) is 4.79 Å². The van der Waals surface area contributed by atoms with Gasteiger partial charge in [-0.1, -0.05) is 0 Å². The number of aromatic nitrogens is 2. The fourth-order valence-corrected chi connectivity index (χ4v) is 3.01. The number of rotatable bonds is 4. The van der Waals surface area contributed by atoms with Crippen molar-refractivity contribution in [2.45, 2.75) is 18.9 Å². The number of carboxylic acid groups (broad SMARTS) is 1. The van der Waals surface area contributed by atoms with E-state index in [2.05, 4.69) is 9.97 Å². The first-order valence-electron chi connectivity index (χ1n) is 7.71. The van der Waals surface area contributed by atoms with Gasteiger partial charge in [-0.2, -0.15) is 0 Å². The molecule has 25 heavy (non-hydrogen) atoms. The van der Waals surface area contributed by atoms with E-state index >= 15 is 0 Å². The van der Waals surface area contributed by atoms with Gasteiger partial charge in [0.2, 0.25) is 0 Å². The van der Waals surface area contributed by atoms with Crippen molar-refractivity contribution >= 4 is 17.4 Å². The Morgan fingerprint density at radius 1 is 1.36 bits per heavy atom. The van der Waals surface area contributed by atoms with Gasteiger partial charge in [-0.15, -0.1) is 0 Å². The van der Waals surface area contributed by atoms with Crippen molar-refractivity contribution in [1.82, 2.24) is 9.97 Å². The van der Waals surface area contributed by atoms with Crippen molar-refractivity contribution in [3.8, 4) is 0 Å². The van der Waals surface area contributed by atoms with Gasteiger partial charge in [0.1, 0.15) is 23.0 Å². The fraction of sp³-hybridized carbons (Fsp3) is 0.235. The van der Waals surface area contributed by atoms with Crippen LogP contribution in [0.25, 0.3) is 5.57 Å². The van der Waals surface area contributed by atoms with E-state index in [-0.39, 0.29) is 23.0 Å². The predicted octanol–water partition coefficient (Wildman–Crippen LogP) is 2.48. The molecule has 3 rings (SSSR count). The number of nitrogens with two attached hydrogens (primary N) is 1. The molecule has 1 aromatic carbocycles. The second kappa shape index (κ2) is 6.84. The molecular formula is C17H16F2N4O2. The molecule has 2 aromatic rings. The van der Waals surface area contributed by atoms with Crippen molar-refractivity contribution in [3.63, 3.8) is 0 Å². The highest BCUT2D eigenvalue weighted by Gasteiger charge is 2.30. The number of carboxylic acids is 1. The lowest BCUT2D eigenvalue weighted by Crippen LogP contribution is -2.25. The minimum Gasteiger partial charge on any atom is -0.477 e. The average molecular weight is 346 g/mol. The molecule has 1 saturated heterocycles. The molecule has 6 nitrogen and oxygen atoms in total. The lowest BCUT2D eigenvalue weighted by Gasteiger charge is -2.26. The third kappa shape index (κ3) is 3.28. The summed E-state index contributed by atoms with van der Waals surface area (Å²) < 4.78 is 27.7. The Bertz CT molecular complexity index is 841. The predicted molar refractivity (Wildman–Crippen MR) is 87.5 cm³/mol. The maximum absolute atomic E-state index is 14.1. The van der Waals surface area contributed by atoms with Crippen molar-refractivity contribution < 1.29 is 18.7 Å². The Balaban J connectivity index is 1.98. The molecule has 2 heterocycles. The minimum absolute atomic E-state index is 0.0298. The summed E-state index contributed by atoms with van der Waals surface area (Å²) in [7, 11) is 0. The highest BCUT2D eigenvalue weighted by atomic mass is 19.1. The zero-order chi connectivity index (χ0) is 18.0. The Hall–Kier alpha value is -3.03. The smallest absolute Gasteiger partial charge is 0.341 e. The van der Waals surface area contributed by atoms with E-state index in [0.29, 0.717) is 18.8 Å². The molecule has 1 unspecified atom stereocenters. The van der Waals surface area contributed by atoms with Gasteiger partial charge in [0.05, 0.1) is 6.04 Å². The van der Waals surface area contributed by atoms with Crippen LogP contribution in [0.4, 0.5) is 14.6 Å². The van der Waals surface area contributed by atoms with Crippen molar-refractivity contribution in [2.75, 3.05) is 11.4 Å². The molecule has 1 aliphatic heterocycles. The highest BCUT2D eigenvalue weighted by Crippen LogP contribution is 2.36. The van der Waals surface area contributed by atoms with Crippen LogP contribution in [0.5, 0.6) is 0 Å². The second-order valence-electron chi connectivity index (χ2n) is 5.64. The van der Waals surface area contributed by atoms with Gasteiger partial charge in [-0.3, -0.25) is 0 Å². The van der Waals surface area contributed by atoms with E-state index in [1.165, 1.54) is 12.3 Å². The number of hydrogen-bond acceptors (Lipinski definition) is 5. The Morgan fingerprint density at radius 3 is 2.88 bits per heavy atom. The van der Waals surface area contributed by atoms with Crippen LogP contribution in [0.3, 0.4) is 0 Å². The number of aliphatic carboxylic acids is 1. The standard InChI is InChI=1S/C17H16F2N4O2/c18-10-3-4-13(19)11(8-10)14-2-1-7-23(14)15-5-6-21-16(22-15)12(9-20)17(24)25/h3-6,8-9,14H,1-2,7,20H2,(H,24,25). The monoisotopic (exact) mass is 346 g/mol. The summed E-state index contributed by atoms with van der Waals surface area (Å²) in [5.74, 6) is -1.82. The maximum Gasteiger partial charge on any atom is 0.341 e. The average Bonchev–Trinajstić information content (AvgIpc) is 3.07. The van der Waals surface area contributed by atoms with Gasteiger partial charge in [-0.05, 0) is 37.1 Å². The minimum atomic E-state index is -1.24. The quantitative estimate of drug-likeness (QED) is 0.827. The van der Waals surface area contributed by atoms with Crippen molar-refractivity contribution in [2.24, 2.45) is 5.73 Å². The number of carbonyl (C=O) groups is 1. The summed E-state index contributed by atoms with van der Waals surface area (Å²) >= 11 is 0. The molecule has 0 spiro atoms. The normalized spacial score (nSPS) is 17.8. The van der Waals surface area contributed by atoms with Crippen LogP contribution in [0.1, 0.15) is 30.3 Å². The first kappa shape index (κ1) is 16.8. The van der Waals surface area contributed by atoms with E-state index in [4.69, 9.17) is 10.8 Å². The van der Waals surface area contributed by atoms with Crippen LogP contribution in [-0.4, -0.2) is 27.6 Å². The molecular weight excluding hydrogens is 330 g/mol. The van der Waals surface area contributed by atoms with Crippen molar-refractivity contribution in [3.05, 3.63) is 59.7 Å². The molecule has 0 saturated carbocycles. The third-order valence-corrected chi connectivity index (χ3v) is 4.14. The van der Waals surface area contributed by atoms with Crippen molar-refractivity contribution in [1.29, 1.82) is 0 Å². The molecule has 3 N–H and O–H groups in total. The van der Waals surface area contributed by atoms with Crippen LogP contribution in [0, 0.1) is 11.6 Å². The van der Waals surface area contributed by atoms with Gasteiger partial charge in [0, 0.05) is 24.5 Å². The summed E-state index contributed by atoms with van der Waals surface area (Å²) in [6.45, 7) is 0.589. The van der Waals surface area contributed by atoms with Gasteiger partial charge in [0.25, 0.3) is 0 Å². The van der Waals surface area contributed by atoms with Gasteiger partial charge in [0.15, 0.2) is 5.82 Å². The largest absolute Gasteiger partial charge is 0.477 e. The molecule has 1 aromatic heterocycles. The van der Waals surface area contributed by atoms with Gasteiger partial charge >= 0.3 is 5.97 Å². The highest BCUT2D eigenvalue weighted by molar-refractivity contribution is 6.13. The lowest BCUT2D eigenvalue weighted by atomic mass is 10.0. The molecule has 1 fully saturated rings. The van der Waals surface area contributed by atoms with E-state index in [1.807, 2.05) is 4.90 Å². The van der Waals surface area contributed by atoms with Crippen LogP contribution in [0.15, 0.2) is 36.7 Å². The number of hydrogen-bond donors (Lipinski definition) is 2. The number of nitrogens with zero attached hydrogens (tertiary/aromatic N) is 3. The Kier molecular flexibility index (Phi) is 4.60. The van der Waals surface area contributed by atoms with Gasteiger partial charge < -0.3 is 15.7 Å². The lowest BCUT2D eigenvalue weighted by molar-refractivity contribution is -0.130. The van der Waals surface area contributed by atoms with E-state index in [1.54, 1.807) is 6.07 Å². The topological polar surface area (TPSA) is 92.3 Å². The first-order valence-corrected chi connectivity index (χ1v) is 7.71. The molecule has 0 bridgehead atoms. The molecule has 0 aliphatic carbocycles. The second-order valence-corrected chi connectivity index (χ2v) is 5.64. The SMILES string of the molecule is NC=C(C(=O)O)c1nccc(N2CCCC2c2cc(F)ccc2F)n1. The van der Waals surface area contributed by atoms with E-state index in [9.17, 15) is 13.6 Å². The number of anilines is 1. The summed E-state index contributed by atoms with van der Waals surface area (Å²) in [5.41, 5.74) is 5.36. The van der Waals surface area contributed by atoms with Gasteiger partial charge in [-0.25, -0.2) is 23.5 Å². The number of benzene rings is 1. The third-order valence-electron chi connectivity index (χ3n) is 4.14. The molecule has 0 radical (unpaired) electrons. The van der Waals surface area contributed by atoms with Crippen LogP contribution < -0.4 is 10.6 Å². The molecule has 130 valence electrons. The Morgan fingerprint density at radius 2 is 2.16 bits per heavy atom. The molecule has 1 aliphatic rings. The number of halogens is 2. The summed E-state index contributed by atoms with van der Waals surface area (Å²) in [4.78, 5) is 21.2. The molecule has 8 heteroatoms. The zero-order valence-corrected chi connectivity index (χ0v) is 13.2.